The summed E-state index contributed by atoms with van der Waals surface area (Å²) in [6.07, 6.45) is 0.607. The van der Waals surface area contributed by atoms with E-state index in [1.54, 1.807) is 29.5 Å². The molecular formula is C24H25NO5S. The largest absolute Gasteiger partial charge is 0.493 e. The van der Waals surface area contributed by atoms with Crippen molar-refractivity contribution in [2.24, 2.45) is 5.16 Å². The molecule has 0 amide bonds. The molecule has 2 aromatic carbocycles. The molecule has 3 rings (SSSR count). The fourth-order valence-corrected chi connectivity index (χ4v) is 3.79. The van der Waals surface area contributed by atoms with E-state index in [9.17, 15) is 4.79 Å². The van der Waals surface area contributed by atoms with Gasteiger partial charge in [0.1, 0.15) is 6.61 Å². The Morgan fingerprint density at radius 2 is 1.87 bits per heavy atom. The van der Waals surface area contributed by atoms with Gasteiger partial charge in [-0.1, -0.05) is 48.5 Å². The summed E-state index contributed by atoms with van der Waals surface area (Å²) in [5.74, 6) is -0.0227. The highest BCUT2D eigenvalue weighted by Crippen LogP contribution is 2.31. The molecule has 0 aliphatic carbocycles. The minimum absolute atomic E-state index is 0.133. The van der Waals surface area contributed by atoms with E-state index in [0.29, 0.717) is 17.1 Å². The van der Waals surface area contributed by atoms with Gasteiger partial charge >= 0.3 is 5.97 Å². The fraction of sp³-hybridized carbons (Fsp3) is 0.250. The average Bonchev–Trinajstić information content (AvgIpc) is 3.31. The first-order valence-electron chi connectivity index (χ1n) is 9.94. The van der Waals surface area contributed by atoms with Crippen molar-refractivity contribution in [1.82, 2.24) is 0 Å². The molecule has 31 heavy (non-hydrogen) atoms. The van der Waals surface area contributed by atoms with Crippen LogP contribution in [0.4, 0.5) is 0 Å². The number of benzene rings is 2. The Morgan fingerprint density at radius 1 is 1.06 bits per heavy atom. The number of hydrogen-bond donors (Lipinski definition) is 1. The Hall–Kier alpha value is -3.32. The quantitative estimate of drug-likeness (QED) is 0.250. The van der Waals surface area contributed by atoms with Crippen LogP contribution in [0.2, 0.25) is 0 Å². The second kappa shape index (κ2) is 11.2. The lowest BCUT2D eigenvalue weighted by Crippen LogP contribution is -2.09. The van der Waals surface area contributed by atoms with Gasteiger partial charge in [-0.2, -0.15) is 11.3 Å². The molecule has 0 aliphatic rings. The maximum Gasteiger partial charge on any atom is 0.307 e. The summed E-state index contributed by atoms with van der Waals surface area (Å²) in [4.78, 5) is 16.5. The molecule has 6 nitrogen and oxygen atoms in total. The molecule has 1 heterocycles. The Kier molecular flexibility index (Phi) is 8.06. The zero-order valence-corrected chi connectivity index (χ0v) is 18.4. The highest BCUT2D eigenvalue weighted by molar-refractivity contribution is 7.08. The molecule has 0 saturated heterocycles. The molecule has 1 N–H and O–H groups in total. The predicted octanol–water partition coefficient (Wildman–Crippen LogP) is 5.26. The summed E-state index contributed by atoms with van der Waals surface area (Å²) >= 11 is 1.68. The monoisotopic (exact) mass is 439 g/mol. The highest BCUT2D eigenvalue weighted by atomic mass is 32.1. The number of oxime groups is 1. The third-order valence-corrected chi connectivity index (χ3v) is 5.30. The highest BCUT2D eigenvalue weighted by Gasteiger charge is 2.13. The van der Waals surface area contributed by atoms with Crippen LogP contribution in [0.15, 0.2) is 64.4 Å². The van der Waals surface area contributed by atoms with E-state index in [2.05, 4.69) is 34.1 Å². The van der Waals surface area contributed by atoms with Crippen molar-refractivity contribution in [3.63, 3.8) is 0 Å². The number of thiophene rings is 1. The number of nitrogens with zero attached hydrogens (tertiary/aromatic N) is 1. The first kappa shape index (κ1) is 22.4. The number of hydrogen-bond acceptors (Lipinski definition) is 6. The number of carboxylic acid groups (broad SMARTS) is 1. The van der Waals surface area contributed by atoms with Gasteiger partial charge in [-0.25, -0.2) is 0 Å². The van der Waals surface area contributed by atoms with Crippen LogP contribution in [0, 0.1) is 0 Å². The lowest BCUT2D eigenvalue weighted by Gasteiger charge is -2.13. The predicted molar refractivity (Wildman–Crippen MR) is 122 cm³/mol. The molecule has 0 saturated carbocycles. The normalized spacial score (nSPS) is 11.2. The van der Waals surface area contributed by atoms with E-state index in [4.69, 9.17) is 19.4 Å². The molecule has 7 heteroatoms. The summed E-state index contributed by atoms with van der Waals surface area (Å²) in [6.45, 7) is 2.54. The summed E-state index contributed by atoms with van der Waals surface area (Å²) in [6, 6.07) is 15.6. The maximum absolute atomic E-state index is 11.0. The van der Waals surface area contributed by atoms with Gasteiger partial charge in [-0.05, 0) is 46.0 Å². The van der Waals surface area contributed by atoms with Crippen LogP contribution in [-0.4, -0.2) is 37.1 Å². The maximum atomic E-state index is 11.0. The van der Waals surface area contributed by atoms with Gasteiger partial charge in [-0.15, -0.1) is 0 Å². The summed E-state index contributed by atoms with van der Waals surface area (Å²) < 4.78 is 11.0. The van der Waals surface area contributed by atoms with Crippen LogP contribution in [0.1, 0.15) is 24.5 Å². The van der Waals surface area contributed by atoms with Gasteiger partial charge in [0.05, 0.1) is 19.2 Å². The van der Waals surface area contributed by atoms with E-state index >= 15 is 0 Å². The van der Waals surface area contributed by atoms with Gasteiger partial charge in [0.15, 0.2) is 18.1 Å². The van der Waals surface area contributed by atoms with Crippen LogP contribution in [0.5, 0.6) is 11.5 Å². The minimum atomic E-state index is -0.927. The van der Waals surface area contributed by atoms with Crippen LogP contribution < -0.4 is 9.47 Å². The van der Waals surface area contributed by atoms with Gasteiger partial charge in [0, 0.05) is 5.56 Å². The lowest BCUT2D eigenvalue weighted by atomic mass is 10.0. The van der Waals surface area contributed by atoms with Crippen molar-refractivity contribution in [3.05, 3.63) is 70.4 Å². The van der Waals surface area contributed by atoms with Crippen molar-refractivity contribution in [3.8, 4) is 22.6 Å². The molecular weight excluding hydrogens is 414 g/mol. The van der Waals surface area contributed by atoms with Crippen molar-refractivity contribution in [2.45, 2.75) is 19.8 Å². The topological polar surface area (TPSA) is 77.4 Å². The van der Waals surface area contributed by atoms with Crippen molar-refractivity contribution in [2.75, 3.05) is 20.3 Å². The zero-order chi connectivity index (χ0) is 22.1. The van der Waals surface area contributed by atoms with Crippen LogP contribution in [0.25, 0.3) is 11.1 Å². The molecule has 0 unspecified atom stereocenters. The zero-order valence-electron chi connectivity index (χ0n) is 17.5. The number of rotatable bonds is 11. The van der Waals surface area contributed by atoms with Crippen molar-refractivity contribution >= 4 is 23.0 Å². The molecule has 0 atom stereocenters. The van der Waals surface area contributed by atoms with Gasteiger partial charge in [0.25, 0.3) is 0 Å². The number of ether oxygens (including phenoxy) is 2. The van der Waals surface area contributed by atoms with E-state index in [1.807, 2.05) is 19.1 Å². The summed E-state index contributed by atoms with van der Waals surface area (Å²) in [7, 11) is 1.49. The molecule has 0 spiro atoms. The lowest BCUT2D eigenvalue weighted by molar-refractivity contribution is -0.136. The first-order chi connectivity index (χ1) is 15.1. The standard InChI is InChI=1S/C24H25NO5S/c1-3-21(18-9-7-17(8-10-18)20-11-14-31-16-20)25-30-13-12-29-22-6-4-5-19(15-23(26)27)24(22)28-2/h4-11,14,16H,3,12-13,15H2,1-2H3,(H,26,27). The summed E-state index contributed by atoms with van der Waals surface area (Å²) in [5, 5.41) is 17.5. The minimum Gasteiger partial charge on any atom is -0.493 e. The Labute approximate surface area is 185 Å². The second-order valence-electron chi connectivity index (χ2n) is 6.68. The van der Waals surface area contributed by atoms with Crippen molar-refractivity contribution < 1.29 is 24.2 Å². The molecule has 3 aromatic rings. The smallest absolute Gasteiger partial charge is 0.307 e. The SMILES string of the molecule is CCC(=NOCCOc1cccc(CC(=O)O)c1OC)c1ccc(-c2ccsc2)cc1. The van der Waals surface area contributed by atoms with Gasteiger partial charge in [-0.3, -0.25) is 4.79 Å². The summed E-state index contributed by atoms with van der Waals surface area (Å²) in [5.41, 5.74) is 4.82. The van der Waals surface area contributed by atoms with E-state index in [-0.39, 0.29) is 19.6 Å². The van der Waals surface area contributed by atoms with Crippen LogP contribution >= 0.6 is 11.3 Å². The second-order valence-corrected chi connectivity index (χ2v) is 7.46. The molecule has 0 aliphatic heterocycles. The molecule has 0 bridgehead atoms. The van der Waals surface area contributed by atoms with Crippen molar-refractivity contribution in [1.29, 1.82) is 0 Å². The Bertz CT molecular complexity index is 1010. The Balaban J connectivity index is 1.56. The van der Waals surface area contributed by atoms with E-state index in [1.165, 1.54) is 18.2 Å². The van der Waals surface area contributed by atoms with Crippen LogP contribution in [-0.2, 0) is 16.1 Å². The Morgan fingerprint density at radius 3 is 2.52 bits per heavy atom. The number of carboxylic acids is 1. The van der Waals surface area contributed by atoms with Crippen LogP contribution in [0.3, 0.4) is 0 Å². The molecule has 162 valence electrons. The average molecular weight is 440 g/mol. The number of carbonyl (C=O) groups is 1. The van der Waals surface area contributed by atoms with Gasteiger partial charge in [0.2, 0.25) is 0 Å². The first-order valence-corrected chi connectivity index (χ1v) is 10.9. The van der Waals surface area contributed by atoms with E-state index < -0.39 is 5.97 Å². The van der Waals surface area contributed by atoms with E-state index in [0.717, 1.165) is 17.7 Å². The third kappa shape index (κ3) is 6.08. The van der Waals surface area contributed by atoms with Gasteiger partial charge < -0.3 is 19.4 Å². The fourth-order valence-electron chi connectivity index (χ4n) is 3.13. The number of methoxy groups -OCH3 is 1. The number of aliphatic carboxylic acids is 1. The number of para-hydroxylation sites is 1. The molecule has 1 aromatic heterocycles. The third-order valence-electron chi connectivity index (χ3n) is 4.62. The molecule has 0 radical (unpaired) electrons. The molecule has 0 fully saturated rings.